The SMILES string of the molecule is C1CN1.CCN(CC)CC. The predicted molar refractivity (Wildman–Crippen MR) is 46.3 cm³/mol. The van der Waals surface area contributed by atoms with Crippen molar-refractivity contribution in [3.8, 4) is 0 Å². The molecule has 0 atom stereocenters. The molecule has 0 radical (unpaired) electrons. The van der Waals surface area contributed by atoms with E-state index in [0.717, 1.165) is 0 Å². The molecule has 1 saturated heterocycles. The summed E-state index contributed by atoms with van der Waals surface area (Å²) < 4.78 is 0. The molecule has 0 aromatic heterocycles. The molecule has 1 heterocycles. The molecule has 0 amide bonds. The zero-order valence-electron chi connectivity index (χ0n) is 7.48. The van der Waals surface area contributed by atoms with Gasteiger partial charge >= 0.3 is 0 Å². The second-order valence-electron chi connectivity index (χ2n) is 2.37. The van der Waals surface area contributed by atoms with Crippen molar-refractivity contribution < 1.29 is 0 Å². The van der Waals surface area contributed by atoms with Crippen LogP contribution in [0.2, 0.25) is 0 Å². The molecule has 1 fully saturated rings. The van der Waals surface area contributed by atoms with Crippen molar-refractivity contribution in [1.29, 1.82) is 0 Å². The highest BCUT2D eigenvalue weighted by Gasteiger charge is 1.91. The van der Waals surface area contributed by atoms with Gasteiger partial charge < -0.3 is 10.2 Å². The minimum Gasteiger partial charge on any atom is -0.314 e. The van der Waals surface area contributed by atoms with E-state index >= 15 is 0 Å². The normalized spacial score (nSPS) is 14.4. The van der Waals surface area contributed by atoms with Crippen LogP contribution in [-0.4, -0.2) is 37.6 Å². The van der Waals surface area contributed by atoms with Gasteiger partial charge in [-0.1, -0.05) is 20.8 Å². The fraction of sp³-hybridized carbons (Fsp3) is 1.00. The fourth-order valence-corrected chi connectivity index (χ4v) is 0.671. The Labute approximate surface area is 64.6 Å². The molecule has 0 aromatic rings. The largest absolute Gasteiger partial charge is 0.314 e. The summed E-state index contributed by atoms with van der Waals surface area (Å²) in [5.41, 5.74) is 0. The van der Waals surface area contributed by atoms with Crippen molar-refractivity contribution in [2.24, 2.45) is 0 Å². The summed E-state index contributed by atoms with van der Waals surface area (Å²) >= 11 is 0. The van der Waals surface area contributed by atoms with Crippen molar-refractivity contribution >= 4 is 0 Å². The van der Waals surface area contributed by atoms with E-state index in [0.29, 0.717) is 0 Å². The summed E-state index contributed by atoms with van der Waals surface area (Å²) in [6.45, 7) is 12.6. The van der Waals surface area contributed by atoms with Gasteiger partial charge in [0.15, 0.2) is 0 Å². The lowest BCUT2D eigenvalue weighted by Gasteiger charge is -2.13. The van der Waals surface area contributed by atoms with Crippen LogP contribution in [0.25, 0.3) is 0 Å². The Bertz CT molecular complexity index is 50.0. The molecule has 1 aliphatic rings. The molecule has 0 aliphatic carbocycles. The van der Waals surface area contributed by atoms with Gasteiger partial charge in [-0.25, -0.2) is 0 Å². The number of hydrogen-bond acceptors (Lipinski definition) is 2. The number of nitrogens with one attached hydrogen (secondary N) is 1. The van der Waals surface area contributed by atoms with Gasteiger partial charge in [0.05, 0.1) is 0 Å². The van der Waals surface area contributed by atoms with E-state index in [1.165, 1.54) is 32.7 Å². The fourth-order valence-electron chi connectivity index (χ4n) is 0.671. The van der Waals surface area contributed by atoms with Crippen molar-refractivity contribution in [3.05, 3.63) is 0 Å². The molecule has 2 nitrogen and oxygen atoms in total. The Hall–Kier alpha value is -0.0800. The third-order valence-electron chi connectivity index (χ3n) is 1.59. The molecular formula is C8H20N2. The van der Waals surface area contributed by atoms with Crippen molar-refractivity contribution in [2.45, 2.75) is 20.8 Å². The zero-order chi connectivity index (χ0) is 7.82. The highest BCUT2D eigenvalue weighted by atomic mass is 15.1. The quantitative estimate of drug-likeness (QED) is 0.596. The maximum atomic E-state index is 3.00. The summed E-state index contributed by atoms with van der Waals surface area (Å²) in [5, 5.41) is 3.00. The Morgan fingerprint density at radius 1 is 1.00 bits per heavy atom. The minimum absolute atomic E-state index is 1.19. The third kappa shape index (κ3) is 7.92. The van der Waals surface area contributed by atoms with Crippen molar-refractivity contribution in [1.82, 2.24) is 10.2 Å². The Morgan fingerprint density at radius 2 is 1.30 bits per heavy atom. The van der Waals surface area contributed by atoms with Crippen LogP contribution in [0.3, 0.4) is 0 Å². The van der Waals surface area contributed by atoms with E-state index in [-0.39, 0.29) is 0 Å². The third-order valence-corrected chi connectivity index (χ3v) is 1.59. The number of nitrogens with zero attached hydrogens (tertiary/aromatic N) is 1. The molecule has 0 bridgehead atoms. The van der Waals surface area contributed by atoms with E-state index in [4.69, 9.17) is 0 Å². The summed E-state index contributed by atoms with van der Waals surface area (Å²) in [6.07, 6.45) is 0. The number of hydrogen-bond donors (Lipinski definition) is 1. The molecule has 2 heteroatoms. The molecule has 10 heavy (non-hydrogen) atoms. The summed E-state index contributed by atoms with van der Waals surface area (Å²) in [6, 6.07) is 0. The van der Waals surface area contributed by atoms with Crippen LogP contribution in [-0.2, 0) is 0 Å². The van der Waals surface area contributed by atoms with E-state index in [9.17, 15) is 0 Å². The topological polar surface area (TPSA) is 25.2 Å². The lowest BCUT2D eigenvalue weighted by molar-refractivity contribution is 0.321. The van der Waals surface area contributed by atoms with Gasteiger partial charge in [0.25, 0.3) is 0 Å². The van der Waals surface area contributed by atoms with Crippen LogP contribution >= 0.6 is 0 Å². The molecule has 1 rings (SSSR count). The lowest BCUT2D eigenvalue weighted by Crippen LogP contribution is -2.21. The van der Waals surface area contributed by atoms with Gasteiger partial charge in [-0.2, -0.15) is 0 Å². The Kier molecular flexibility index (Phi) is 6.98. The average molecular weight is 144 g/mol. The van der Waals surface area contributed by atoms with Gasteiger partial charge in [0, 0.05) is 13.1 Å². The van der Waals surface area contributed by atoms with Crippen LogP contribution in [0.15, 0.2) is 0 Å². The molecule has 0 spiro atoms. The Morgan fingerprint density at radius 3 is 1.30 bits per heavy atom. The molecule has 0 unspecified atom stereocenters. The van der Waals surface area contributed by atoms with Crippen LogP contribution in [0.1, 0.15) is 20.8 Å². The molecule has 1 aliphatic heterocycles. The van der Waals surface area contributed by atoms with Crippen LogP contribution in [0.5, 0.6) is 0 Å². The lowest BCUT2D eigenvalue weighted by atomic mass is 10.5. The molecule has 1 N–H and O–H groups in total. The maximum Gasteiger partial charge on any atom is 0.00772 e. The average Bonchev–Trinajstić information content (AvgIpc) is 2.76. The van der Waals surface area contributed by atoms with Crippen LogP contribution in [0.4, 0.5) is 0 Å². The maximum absolute atomic E-state index is 3.00. The van der Waals surface area contributed by atoms with Gasteiger partial charge in [-0.05, 0) is 19.6 Å². The first-order valence-corrected chi connectivity index (χ1v) is 4.28. The summed E-state index contributed by atoms with van der Waals surface area (Å²) in [4.78, 5) is 2.38. The monoisotopic (exact) mass is 144 g/mol. The molecule has 0 aromatic carbocycles. The highest BCUT2D eigenvalue weighted by molar-refractivity contribution is 4.58. The van der Waals surface area contributed by atoms with Gasteiger partial charge in [-0.15, -0.1) is 0 Å². The summed E-state index contributed by atoms with van der Waals surface area (Å²) in [7, 11) is 0. The second-order valence-corrected chi connectivity index (χ2v) is 2.37. The first-order chi connectivity index (χ1) is 4.85. The number of rotatable bonds is 3. The van der Waals surface area contributed by atoms with E-state index in [1.807, 2.05) is 0 Å². The standard InChI is InChI=1S/C6H15N.C2H5N/c1-4-7(5-2)6-3;1-2-3-1/h4-6H2,1-3H3;3H,1-2H2. The first-order valence-electron chi connectivity index (χ1n) is 4.28. The van der Waals surface area contributed by atoms with E-state index in [1.54, 1.807) is 0 Å². The molecule has 0 saturated carbocycles. The van der Waals surface area contributed by atoms with Gasteiger partial charge in [0.1, 0.15) is 0 Å². The van der Waals surface area contributed by atoms with Crippen molar-refractivity contribution in [3.63, 3.8) is 0 Å². The molecule has 62 valence electrons. The minimum atomic E-state index is 1.19. The second kappa shape index (κ2) is 7.03. The van der Waals surface area contributed by atoms with E-state index < -0.39 is 0 Å². The zero-order valence-corrected chi connectivity index (χ0v) is 7.48. The van der Waals surface area contributed by atoms with Gasteiger partial charge in [-0.3, -0.25) is 0 Å². The van der Waals surface area contributed by atoms with Crippen LogP contribution in [0, 0.1) is 0 Å². The van der Waals surface area contributed by atoms with Crippen LogP contribution < -0.4 is 5.32 Å². The van der Waals surface area contributed by atoms with Crippen molar-refractivity contribution in [2.75, 3.05) is 32.7 Å². The summed E-state index contributed by atoms with van der Waals surface area (Å²) in [5.74, 6) is 0. The molecular weight excluding hydrogens is 124 g/mol. The highest BCUT2D eigenvalue weighted by Crippen LogP contribution is 1.81. The Balaban J connectivity index is 0.000000219. The smallest absolute Gasteiger partial charge is 0.00772 e. The first kappa shape index (κ1) is 9.92. The van der Waals surface area contributed by atoms with Gasteiger partial charge in [0.2, 0.25) is 0 Å². The van der Waals surface area contributed by atoms with E-state index in [2.05, 4.69) is 31.0 Å². The predicted octanol–water partition coefficient (Wildman–Crippen LogP) is 0.938.